The lowest BCUT2D eigenvalue weighted by Crippen LogP contribution is -2.41. The molecule has 1 amide bonds. The minimum atomic E-state index is -3.33. The number of fused-ring (bicyclic) bond motifs is 1. The molecule has 1 aliphatic heterocycles. The Morgan fingerprint density at radius 1 is 1.24 bits per heavy atom. The molecule has 33 heavy (non-hydrogen) atoms. The number of carbonyl (C=O) groups excluding carboxylic acids is 1. The number of anilines is 2. The predicted octanol–water partition coefficient (Wildman–Crippen LogP) is 5.56. The molecule has 9 heteroatoms. The van der Waals surface area contributed by atoms with Crippen molar-refractivity contribution in [2.24, 2.45) is 0 Å². The summed E-state index contributed by atoms with van der Waals surface area (Å²) in [4.78, 5) is 12.7. The van der Waals surface area contributed by atoms with E-state index in [4.69, 9.17) is 4.74 Å². The normalized spacial score (nSPS) is 19.6. The van der Waals surface area contributed by atoms with E-state index in [1.165, 1.54) is 30.3 Å². The molecule has 2 aromatic carbocycles. The van der Waals surface area contributed by atoms with E-state index in [1.807, 2.05) is 6.92 Å². The fourth-order valence-corrected chi connectivity index (χ4v) is 4.52. The maximum absolute atomic E-state index is 14.8. The van der Waals surface area contributed by atoms with Crippen LogP contribution in [0.2, 0.25) is 0 Å². The summed E-state index contributed by atoms with van der Waals surface area (Å²) in [6, 6.07) is 6.61. The summed E-state index contributed by atoms with van der Waals surface area (Å²) in [6.07, 6.45) is 0.603. The summed E-state index contributed by atoms with van der Waals surface area (Å²) in [6.45, 7) is 2.69. The zero-order chi connectivity index (χ0) is 23.8. The Balaban J connectivity index is 1.45. The average molecular weight is 464 g/mol. The number of phenols is 1. The lowest BCUT2D eigenvalue weighted by atomic mass is 9.70. The van der Waals surface area contributed by atoms with E-state index < -0.39 is 23.9 Å². The van der Waals surface area contributed by atoms with Crippen LogP contribution in [-0.2, 0) is 10.2 Å². The number of hydrogen-bond acceptors (Lipinski definition) is 5. The molecule has 1 saturated carbocycles. The SMILES string of the molecule is CC(F)(F)Oc1ccc2c(c1)NCC(C(=O)Nc1cc(O)c(C3(C)CCCCC3)cc1F)O2. The summed E-state index contributed by atoms with van der Waals surface area (Å²) in [5.74, 6) is -1.07. The highest BCUT2D eigenvalue weighted by Gasteiger charge is 2.33. The van der Waals surface area contributed by atoms with Crippen LogP contribution in [0.5, 0.6) is 17.2 Å². The van der Waals surface area contributed by atoms with Crippen molar-refractivity contribution in [1.29, 1.82) is 0 Å². The molecule has 0 bridgehead atoms. The van der Waals surface area contributed by atoms with Gasteiger partial charge < -0.3 is 25.2 Å². The van der Waals surface area contributed by atoms with Gasteiger partial charge in [-0.15, -0.1) is 0 Å². The number of nitrogens with one attached hydrogen (secondary N) is 2. The van der Waals surface area contributed by atoms with Gasteiger partial charge in [0.25, 0.3) is 5.91 Å². The molecule has 0 radical (unpaired) electrons. The summed E-state index contributed by atoms with van der Waals surface area (Å²) in [5, 5.41) is 16.0. The van der Waals surface area contributed by atoms with Crippen molar-refractivity contribution < 1.29 is 32.5 Å². The first-order valence-electron chi connectivity index (χ1n) is 11.0. The van der Waals surface area contributed by atoms with E-state index in [2.05, 4.69) is 15.4 Å². The van der Waals surface area contributed by atoms with E-state index in [1.54, 1.807) is 0 Å². The van der Waals surface area contributed by atoms with Gasteiger partial charge >= 0.3 is 6.11 Å². The Morgan fingerprint density at radius 2 is 1.97 bits per heavy atom. The van der Waals surface area contributed by atoms with Crippen molar-refractivity contribution in [3.05, 3.63) is 41.7 Å². The highest BCUT2D eigenvalue weighted by molar-refractivity contribution is 5.95. The molecular weight excluding hydrogens is 437 g/mol. The number of ether oxygens (including phenoxy) is 2. The fraction of sp³-hybridized carbons (Fsp3) is 0.458. The van der Waals surface area contributed by atoms with Gasteiger partial charge in [-0.1, -0.05) is 26.2 Å². The van der Waals surface area contributed by atoms with E-state index in [0.717, 1.165) is 32.1 Å². The van der Waals surface area contributed by atoms with Gasteiger partial charge in [-0.05, 0) is 36.5 Å². The second-order valence-corrected chi connectivity index (χ2v) is 9.02. The van der Waals surface area contributed by atoms with Gasteiger partial charge in [0.2, 0.25) is 0 Å². The van der Waals surface area contributed by atoms with Gasteiger partial charge in [0.1, 0.15) is 23.1 Å². The van der Waals surface area contributed by atoms with Crippen LogP contribution in [0.1, 0.15) is 51.5 Å². The molecule has 1 fully saturated rings. The standard InChI is InChI=1S/C24H27F3N2O4/c1-23(8-4-3-5-9-23)15-11-16(25)17(12-19(15)30)29-22(31)21-13-28-18-10-14(33-24(2,26)27)6-7-20(18)32-21/h6-7,10-12,21,28,30H,3-5,8-9,13H2,1-2H3,(H,29,31). The average Bonchev–Trinajstić information content (AvgIpc) is 2.75. The van der Waals surface area contributed by atoms with Crippen molar-refractivity contribution in [2.75, 3.05) is 17.2 Å². The lowest BCUT2D eigenvalue weighted by Gasteiger charge is -2.34. The molecule has 4 rings (SSSR count). The van der Waals surface area contributed by atoms with Crippen LogP contribution in [0.3, 0.4) is 0 Å². The molecule has 178 valence electrons. The molecule has 3 N–H and O–H groups in total. The molecule has 0 spiro atoms. The molecular formula is C24H27F3N2O4. The molecule has 0 aromatic heterocycles. The Kier molecular flexibility index (Phi) is 6.07. The Bertz CT molecular complexity index is 1050. The maximum atomic E-state index is 14.8. The fourth-order valence-electron chi connectivity index (χ4n) is 4.52. The monoisotopic (exact) mass is 464 g/mol. The van der Waals surface area contributed by atoms with Crippen molar-refractivity contribution in [3.63, 3.8) is 0 Å². The van der Waals surface area contributed by atoms with E-state index >= 15 is 0 Å². The van der Waals surface area contributed by atoms with Crippen LogP contribution in [-0.4, -0.2) is 29.8 Å². The third kappa shape index (κ3) is 5.12. The Hall–Kier alpha value is -3.10. The zero-order valence-corrected chi connectivity index (χ0v) is 18.5. The third-order valence-electron chi connectivity index (χ3n) is 6.24. The summed E-state index contributed by atoms with van der Waals surface area (Å²) in [7, 11) is 0. The van der Waals surface area contributed by atoms with Crippen molar-refractivity contribution in [3.8, 4) is 17.2 Å². The van der Waals surface area contributed by atoms with Crippen LogP contribution in [0.25, 0.3) is 0 Å². The van der Waals surface area contributed by atoms with Crippen LogP contribution in [0.15, 0.2) is 30.3 Å². The lowest BCUT2D eigenvalue weighted by molar-refractivity contribution is -0.158. The Labute approximate surface area is 190 Å². The number of carbonyl (C=O) groups is 1. The summed E-state index contributed by atoms with van der Waals surface area (Å²) < 4.78 is 51.1. The van der Waals surface area contributed by atoms with Gasteiger partial charge in [0.05, 0.1) is 17.9 Å². The second kappa shape index (κ2) is 8.68. The molecule has 6 nitrogen and oxygen atoms in total. The number of halogens is 3. The summed E-state index contributed by atoms with van der Waals surface area (Å²) in [5.41, 5.74) is 0.521. The number of phenolic OH excluding ortho intramolecular Hbond substituents is 1. The zero-order valence-electron chi connectivity index (χ0n) is 18.5. The first-order valence-corrected chi connectivity index (χ1v) is 11.0. The largest absolute Gasteiger partial charge is 0.508 e. The van der Waals surface area contributed by atoms with Crippen LogP contribution in [0, 0.1) is 5.82 Å². The first kappa shape index (κ1) is 23.1. The van der Waals surface area contributed by atoms with Crippen LogP contribution < -0.4 is 20.1 Å². The molecule has 1 heterocycles. The number of benzene rings is 2. The molecule has 1 aliphatic carbocycles. The Morgan fingerprint density at radius 3 is 2.67 bits per heavy atom. The van der Waals surface area contributed by atoms with Crippen molar-refractivity contribution in [2.45, 2.75) is 63.6 Å². The topological polar surface area (TPSA) is 79.8 Å². The number of amides is 1. The molecule has 1 unspecified atom stereocenters. The number of rotatable bonds is 5. The molecule has 2 aromatic rings. The van der Waals surface area contributed by atoms with E-state index in [-0.39, 0.29) is 34.9 Å². The van der Waals surface area contributed by atoms with Crippen LogP contribution in [0.4, 0.5) is 24.5 Å². The molecule has 2 aliphatic rings. The highest BCUT2D eigenvalue weighted by Crippen LogP contribution is 2.44. The molecule has 0 saturated heterocycles. The smallest absolute Gasteiger partial charge is 0.394 e. The minimum Gasteiger partial charge on any atom is -0.508 e. The first-order chi connectivity index (χ1) is 15.5. The van der Waals surface area contributed by atoms with Gasteiger partial charge in [-0.3, -0.25) is 4.79 Å². The maximum Gasteiger partial charge on any atom is 0.394 e. The van der Waals surface area contributed by atoms with Crippen molar-refractivity contribution in [1.82, 2.24) is 0 Å². The van der Waals surface area contributed by atoms with E-state index in [0.29, 0.717) is 18.2 Å². The van der Waals surface area contributed by atoms with Gasteiger partial charge in [-0.2, -0.15) is 8.78 Å². The van der Waals surface area contributed by atoms with Crippen molar-refractivity contribution >= 4 is 17.3 Å². The van der Waals surface area contributed by atoms with E-state index in [9.17, 15) is 23.1 Å². The second-order valence-electron chi connectivity index (χ2n) is 9.02. The van der Waals surface area contributed by atoms with Gasteiger partial charge in [-0.25, -0.2) is 4.39 Å². The quantitative estimate of drug-likeness (QED) is 0.540. The molecule has 1 atom stereocenters. The minimum absolute atomic E-state index is 0.0363. The number of aromatic hydroxyl groups is 1. The van der Waals surface area contributed by atoms with Crippen LogP contribution >= 0.6 is 0 Å². The van der Waals surface area contributed by atoms with Gasteiger partial charge in [0.15, 0.2) is 6.10 Å². The number of alkyl halides is 2. The summed E-state index contributed by atoms with van der Waals surface area (Å²) >= 11 is 0. The van der Waals surface area contributed by atoms with Gasteiger partial charge in [0, 0.05) is 24.6 Å². The number of hydrogen-bond donors (Lipinski definition) is 3. The highest BCUT2D eigenvalue weighted by atomic mass is 19.3. The third-order valence-corrected chi connectivity index (χ3v) is 6.24. The predicted molar refractivity (Wildman–Crippen MR) is 118 cm³/mol.